The fourth-order valence-electron chi connectivity index (χ4n) is 2.72. The number of nitrogens with one attached hydrogen (secondary N) is 3. The van der Waals surface area contributed by atoms with Crippen molar-refractivity contribution in [3.05, 3.63) is 65.7 Å². The maximum atomic E-state index is 12.3. The number of hydrogen-bond donors (Lipinski definition) is 3. The molecule has 1 aliphatic heterocycles. The molecule has 0 aliphatic carbocycles. The Bertz CT molecular complexity index is 924. The fourth-order valence-corrected chi connectivity index (χ4v) is 3.79. The molecule has 0 aromatic heterocycles. The van der Waals surface area contributed by atoms with Crippen molar-refractivity contribution in [1.29, 1.82) is 0 Å². The smallest absolute Gasteiger partial charge is 0.269 e. The van der Waals surface area contributed by atoms with E-state index in [4.69, 9.17) is 4.74 Å². The van der Waals surface area contributed by atoms with Crippen molar-refractivity contribution >= 4 is 21.8 Å². The Morgan fingerprint density at radius 3 is 2.11 bits per heavy atom. The predicted molar refractivity (Wildman–Crippen MR) is 102 cm³/mol. The molecule has 0 unspecified atom stereocenters. The molecule has 28 heavy (non-hydrogen) atoms. The molecule has 2 amide bonds. The number of ether oxygens (including phenoxy) is 1. The van der Waals surface area contributed by atoms with Gasteiger partial charge < -0.3 is 4.74 Å². The quantitative estimate of drug-likeness (QED) is 0.628. The molecule has 2 aromatic carbocycles. The maximum absolute atomic E-state index is 12.3. The second-order valence-corrected chi connectivity index (χ2v) is 8.05. The molecule has 0 spiro atoms. The van der Waals surface area contributed by atoms with E-state index in [9.17, 15) is 18.0 Å². The zero-order valence-corrected chi connectivity index (χ0v) is 15.9. The topological polar surface area (TPSA) is 114 Å². The minimum atomic E-state index is -3.68. The molecule has 0 saturated carbocycles. The third kappa shape index (κ3) is 5.16. The number of benzene rings is 2. The molecule has 1 fully saturated rings. The van der Waals surface area contributed by atoms with Crippen molar-refractivity contribution in [3.63, 3.8) is 0 Å². The second kappa shape index (κ2) is 8.96. The molecule has 1 aliphatic rings. The van der Waals surface area contributed by atoms with Crippen molar-refractivity contribution in [1.82, 2.24) is 15.6 Å². The molecule has 0 radical (unpaired) electrons. The average Bonchev–Trinajstić information content (AvgIpc) is 3.25. The Kier molecular flexibility index (Phi) is 6.40. The monoisotopic (exact) mass is 403 g/mol. The van der Waals surface area contributed by atoms with Gasteiger partial charge in [-0.05, 0) is 49.2 Å². The van der Waals surface area contributed by atoms with Crippen molar-refractivity contribution in [2.24, 2.45) is 0 Å². The highest BCUT2D eigenvalue weighted by atomic mass is 32.2. The number of carbonyl (C=O) groups is 2. The summed E-state index contributed by atoms with van der Waals surface area (Å²) in [7, 11) is -3.68. The molecule has 8 nitrogen and oxygen atoms in total. The third-order valence-electron chi connectivity index (χ3n) is 4.28. The van der Waals surface area contributed by atoms with Gasteiger partial charge in [0.05, 0.1) is 11.0 Å². The molecule has 2 aromatic rings. The average molecular weight is 403 g/mol. The van der Waals surface area contributed by atoms with Gasteiger partial charge in [0.1, 0.15) is 0 Å². The Labute approximate surface area is 163 Å². The first kappa shape index (κ1) is 20.0. The zero-order valence-electron chi connectivity index (χ0n) is 15.1. The van der Waals surface area contributed by atoms with Gasteiger partial charge in [-0.25, -0.2) is 13.1 Å². The van der Waals surface area contributed by atoms with E-state index in [0.717, 1.165) is 12.8 Å². The third-order valence-corrected chi connectivity index (χ3v) is 5.72. The largest absolute Gasteiger partial charge is 0.377 e. The van der Waals surface area contributed by atoms with E-state index < -0.39 is 21.8 Å². The lowest BCUT2D eigenvalue weighted by molar-refractivity contribution is 0.0846. The lowest BCUT2D eigenvalue weighted by Crippen LogP contribution is -2.41. The molecule has 3 N–H and O–H groups in total. The SMILES string of the molecule is O=C(NNC(=O)c1ccc(S(=O)(=O)NC[C@@H]2CCCO2)cc1)c1ccccc1. The number of hydrogen-bond acceptors (Lipinski definition) is 5. The standard InChI is InChI=1S/C19H21N3O5S/c23-18(14-5-2-1-3-6-14)21-22-19(24)15-8-10-17(11-9-15)28(25,26)20-13-16-7-4-12-27-16/h1-3,5-6,8-11,16,20H,4,7,12-13H2,(H,21,23)(H,22,24)/t16-/m0/s1. The van der Waals surface area contributed by atoms with Gasteiger partial charge in [-0.2, -0.15) is 0 Å². The number of sulfonamides is 1. The van der Waals surface area contributed by atoms with Crippen molar-refractivity contribution < 1.29 is 22.7 Å². The molecule has 1 heterocycles. The van der Waals surface area contributed by atoms with Crippen LogP contribution >= 0.6 is 0 Å². The van der Waals surface area contributed by atoms with Crippen LogP contribution in [0.25, 0.3) is 0 Å². The first-order valence-electron chi connectivity index (χ1n) is 8.83. The minimum absolute atomic E-state index is 0.0513. The highest BCUT2D eigenvalue weighted by Gasteiger charge is 2.20. The van der Waals surface area contributed by atoms with Crippen LogP contribution in [0.15, 0.2) is 59.5 Å². The summed E-state index contributed by atoms with van der Waals surface area (Å²) < 4.78 is 32.5. The molecule has 3 rings (SSSR count). The highest BCUT2D eigenvalue weighted by molar-refractivity contribution is 7.89. The van der Waals surface area contributed by atoms with Crippen LogP contribution in [0.3, 0.4) is 0 Å². The highest BCUT2D eigenvalue weighted by Crippen LogP contribution is 2.14. The zero-order chi connectivity index (χ0) is 20.0. The summed E-state index contributed by atoms with van der Waals surface area (Å²) in [5, 5.41) is 0. The normalized spacial score (nSPS) is 16.5. The van der Waals surface area contributed by atoms with Gasteiger partial charge in [0.2, 0.25) is 10.0 Å². The van der Waals surface area contributed by atoms with Crippen molar-refractivity contribution in [2.45, 2.75) is 23.8 Å². The summed E-state index contributed by atoms with van der Waals surface area (Å²) in [6.45, 7) is 0.868. The van der Waals surface area contributed by atoms with E-state index in [2.05, 4.69) is 15.6 Å². The van der Waals surface area contributed by atoms with Gasteiger partial charge >= 0.3 is 0 Å². The van der Waals surface area contributed by atoms with Crippen LogP contribution in [0.1, 0.15) is 33.6 Å². The maximum Gasteiger partial charge on any atom is 0.269 e. The summed E-state index contributed by atoms with van der Waals surface area (Å²) in [5.74, 6) is -1.01. The Morgan fingerprint density at radius 1 is 0.929 bits per heavy atom. The number of rotatable bonds is 6. The number of carbonyl (C=O) groups excluding carboxylic acids is 2. The fraction of sp³-hybridized carbons (Fsp3) is 0.263. The van der Waals surface area contributed by atoms with Gasteiger partial charge in [0.15, 0.2) is 0 Å². The number of amides is 2. The summed E-state index contributed by atoms with van der Waals surface area (Å²) in [4.78, 5) is 24.1. The van der Waals surface area contributed by atoms with E-state index in [1.54, 1.807) is 30.3 Å². The first-order chi connectivity index (χ1) is 13.5. The van der Waals surface area contributed by atoms with Crippen LogP contribution in [0, 0.1) is 0 Å². The molecular weight excluding hydrogens is 382 g/mol. The van der Waals surface area contributed by atoms with Crippen LogP contribution in [0.2, 0.25) is 0 Å². The second-order valence-electron chi connectivity index (χ2n) is 6.29. The molecule has 9 heteroatoms. The van der Waals surface area contributed by atoms with E-state index in [0.29, 0.717) is 12.2 Å². The molecule has 1 atom stereocenters. The molecule has 0 bridgehead atoms. The molecular formula is C19H21N3O5S. The van der Waals surface area contributed by atoms with Crippen LogP contribution in [0.4, 0.5) is 0 Å². The van der Waals surface area contributed by atoms with Gasteiger partial charge in [0.25, 0.3) is 11.8 Å². The lowest BCUT2D eigenvalue weighted by Gasteiger charge is -2.12. The van der Waals surface area contributed by atoms with Gasteiger partial charge in [-0.15, -0.1) is 0 Å². The lowest BCUT2D eigenvalue weighted by atomic mass is 10.2. The van der Waals surface area contributed by atoms with Crippen LogP contribution < -0.4 is 15.6 Å². The Balaban J connectivity index is 1.55. The van der Waals surface area contributed by atoms with Crippen molar-refractivity contribution in [3.8, 4) is 0 Å². The molecule has 148 valence electrons. The van der Waals surface area contributed by atoms with E-state index in [1.165, 1.54) is 24.3 Å². The summed E-state index contributed by atoms with van der Waals surface area (Å²) >= 11 is 0. The summed E-state index contributed by atoms with van der Waals surface area (Å²) in [6.07, 6.45) is 1.65. The Hall–Kier alpha value is -2.75. The van der Waals surface area contributed by atoms with E-state index >= 15 is 0 Å². The van der Waals surface area contributed by atoms with Gasteiger partial charge in [-0.3, -0.25) is 20.4 Å². The first-order valence-corrected chi connectivity index (χ1v) is 10.3. The molecule has 1 saturated heterocycles. The summed E-state index contributed by atoms with van der Waals surface area (Å²) in [5.41, 5.74) is 5.23. The Morgan fingerprint density at radius 2 is 1.54 bits per heavy atom. The van der Waals surface area contributed by atoms with Gasteiger partial charge in [-0.1, -0.05) is 18.2 Å². The van der Waals surface area contributed by atoms with Crippen molar-refractivity contribution in [2.75, 3.05) is 13.2 Å². The van der Waals surface area contributed by atoms with Gasteiger partial charge in [0, 0.05) is 24.3 Å². The van der Waals surface area contributed by atoms with Crippen LogP contribution in [-0.2, 0) is 14.8 Å². The van der Waals surface area contributed by atoms with E-state index in [1.807, 2.05) is 0 Å². The van der Waals surface area contributed by atoms with Crippen LogP contribution in [-0.4, -0.2) is 39.5 Å². The number of hydrazine groups is 1. The van der Waals surface area contributed by atoms with Crippen LogP contribution in [0.5, 0.6) is 0 Å². The minimum Gasteiger partial charge on any atom is -0.377 e. The van der Waals surface area contributed by atoms with E-state index in [-0.39, 0.29) is 23.1 Å². The summed E-state index contributed by atoms with van der Waals surface area (Å²) in [6, 6.07) is 13.9. The predicted octanol–water partition coefficient (Wildman–Crippen LogP) is 1.22.